The van der Waals surface area contributed by atoms with E-state index in [2.05, 4.69) is 84.0 Å². The molecule has 218 valence electrons. The fourth-order valence-electron chi connectivity index (χ4n) is 4.73. The Kier molecular flexibility index (Phi) is 14.2. The number of likely N-dealkylation sites (N-methyl/N-ethyl adjacent to an activating group) is 1. The molecular weight excluding hydrogens is 484 g/mol. The van der Waals surface area contributed by atoms with Gasteiger partial charge in [-0.1, -0.05) is 41.5 Å². The minimum atomic E-state index is 0.682. The first-order valence-electron chi connectivity index (χ1n) is 15.1. The monoisotopic (exact) mass is 538 g/mol. The van der Waals surface area contributed by atoms with Crippen LogP contribution in [0.15, 0.2) is 30.3 Å². The van der Waals surface area contributed by atoms with Gasteiger partial charge in [-0.25, -0.2) is 4.98 Å². The van der Waals surface area contributed by atoms with Crippen molar-refractivity contribution >= 4 is 28.2 Å². The first-order valence-corrected chi connectivity index (χ1v) is 15.1. The number of benzene rings is 1. The number of aromatic nitrogens is 2. The lowest BCUT2D eigenvalue weighted by molar-refractivity contribution is 0.134. The van der Waals surface area contributed by atoms with Crippen molar-refractivity contribution in [3.63, 3.8) is 0 Å². The van der Waals surface area contributed by atoms with Crippen LogP contribution in [0.25, 0.3) is 10.9 Å². The minimum Gasteiger partial charge on any atom is -0.492 e. The molecule has 0 unspecified atom stereocenters. The first-order chi connectivity index (χ1) is 19.0. The summed E-state index contributed by atoms with van der Waals surface area (Å²) in [6.07, 6.45) is 2.17. The lowest BCUT2D eigenvalue weighted by Crippen LogP contribution is -2.45. The molecule has 4 rings (SSSR count). The lowest BCUT2D eigenvalue weighted by atomic mass is 10.1. The predicted octanol–water partition coefficient (Wildman–Crippen LogP) is 7.23. The molecule has 0 atom stereocenters. The number of piperazine rings is 1. The van der Waals surface area contributed by atoms with E-state index in [4.69, 9.17) is 9.72 Å². The Morgan fingerprint density at radius 2 is 1.62 bits per heavy atom. The highest BCUT2D eigenvalue weighted by Crippen LogP contribution is 2.29. The number of ether oxygens (including phenoxy) is 1. The van der Waals surface area contributed by atoms with E-state index in [1.807, 2.05) is 33.8 Å². The molecule has 0 aliphatic carbocycles. The van der Waals surface area contributed by atoms with Crippen molar-refractivity contribution in [2.45, 2.75) is 68.2 Å². The smallest absolute Gasteiger partial charge is 0.136 e. The van der Waals surface area contributed by atoms with E-state index < -0.39 is 0 Å². The molecule has 7 heteroatoms. The standard InChI is InChI=1S/C28H42N6O.2C2H6/c1-6-10-34(11-7-2)28-20-24(35-17-16-33-14-12-32(5)13-15-33)19-27(31-28)30-23-8-9-26-25(18-23)21(3)22(4)29-26;2*1-2/h8-9,18-20,29H,6-7,10-17H2,1-5H3,(H,30,31);2*1-2H3. The second-order valence-corrected chi connectivity index (χ2v) is 9.79. The van der Waals surface area contributed by atoms with Crippen LogP contribution < -0.4 is 15.0 Å². The molecule has 0 amide bonds. The molecule has 39 heavy (non-hydrogen) atoms. The molecule has 1 saturated heterocycles. The van der Waals surface area contributed by atoms with Gasteiger partial charge in [0, 0.05) is 80.2 Å². The zero-order chi connectivity index (χ0) is 28.8. The quantitative estimate of drug-likeness (QED) is 0.269. The highest BCUT2D eigenvalue weighted by Gasteiger charge is 2.15. The Morgan fingerprint density at radius 1 is 0.949 bits per heavy atom. The molecule has 1 aliphatic rings. The molecule has 1 fully saturated rings. The molecule has 0 spiro atoms. The van der Waals surface area contributed by atoms with Crippen LogP contribution in [0.2, 0.25) is 0 Å². The molecule has 1 aliphatic heterocycles. The number of pyridine rings is 1. The summed E-state index contributed by atoms with van der Waals surface area (Å²) in [6.45, 7) is 24.8. The topological polar surface area (TPSA) is 59.7 Å². The van der Waals surface area contributed by atoms with Crippen LogP contribution in [0.3, 0.4) is 0 Å². The minimum absolute atomic E-state index is 0.682. The van der Waals surface area contributed by atoms with Crippen LogP contribution in [-0.2, 0) is 0 Å². The Labute approximate surface area is 237 Å². The van der Waals surface area contributed by atoms with Gasteiger partial charge in [0.25, 0.3) is 0 Å². The average molecular weight is 539 g/mol. The Bertz CT molecular complexity index is 1100. The Hall–Kier alpha value is -2.77. The summed E-state index contributed by atoms with van der Waals surface area (Å²) in [5, 5.41) is 4.79. The van der Waals surface area contributed by atoms with Gasteiger partial charge in [-0.3, -0.25) is 4.90 Å². The van der Waals surface area contributed by atoms with E-state index in [0.29, 0.717) is 6.61 Å². The van der Waals surface area contributed by atoms with Crippen molar-refractivity contribution in [1.82, 2.24) is 19.8 Å². The zero-order valence-corrected chi connectivity index (χ0v) is 26.2. The van der Waals surface area contributed by atoms with Crippen molar-refractivity contribution in [2.75, 3.05) is 69.7 Å². The van der Waals surface area contributed by atoms with E-state index in [1.165, 1.54) is 16.6 Å². The number of nitrogens with one attached hydrogen (secondary N) is 2. The lowest BCUT2D eigenvalue weighted by Gasteiger charge is -2.32. The van der Waals surface area contributed by atoms with Gasteiger partial charge in [0.15, 0.2) is 0 Å². The molecule has 0 radical (unpaired) electrons. The fourth-order valence-corrected chi connectivity index (χ4v) is 4.73. The molecule has 3 heterocycles. The maximum Gasteiger partial charge on any atom is 0.136 e. The van der Waals surface area contributed by atoms with Crippen molar-refractivity contribution in [3.05, 3.63) is 41.6 Å². The predicted molar refractivity (Wildman–Crippen MR) is 170 cm³/mol. The molecule has 0 saturated carbocycles. The van der Waals surface area contributed by atoms with Crippen LogP contribution in [0.5, 0.6) is 5.75 Å². The van der Waals surface area contributed by atoms with E-state index in [1.54, 1.807) is 0 Å². The van der Waals surface area contributed by atoms with Gasteiger partial charge in [0.1, 0.15) is 24.0 Å². The van der Waals surface area contributed by atoms with Crippen LogP contribution in [-0.4, -0.2) is 79.2 Å². The van der Waals surface area contributed by atoms with Crippen LogP contribution in [0.1, 0.15) is 65.6 Å². The maximum absolute atomic E-state index is 6.29. The van der Waals surface area contributed by atoms with Gasteiger partial charge in [-0.15, -0.1) is 0 Å². The molecular formula is C32H54N6O. The number of nitrogens with zero attached hydrogens (tertiary/aromatic N) is 4. The molecule has 1 aromatic carbocycles. The third-order valence-electron chi connectivity index (χ3n) is 6.95. The van der Waals surface area contributed by atoms with Gasteiger partial charge in [-0.05, 0) is 57.5 Å². The van der Waals surface area contributed by atoms with Gasteiger partial charge in [0.2, 0.25) is 0 Å². The van der Waals surface area contributed by atoms with Crippen LogP contribution in [0.4, 0.5) is 17.3 Å². The van der Waals surface area contributed by atoms with Crippen molar-refractivity contribution in [2.24, 2.45) is 0 Å². The van der Waals surface area contributed by atoms with Crippen LogP contribution in [0, 0.1) is 13.8 Å². The van der Waals surface area contributed by atoms with Gasteiger partial charge >= 0.3 is 0 Å². The molecule has 2 N–H and O–H groups in total. The van der Waals surface area contributed by atoms with Gasteiger partial charge < -0.3 is 24.8 Å². The number of hydrogen-bond donors (Lipinski definition) is 2. The summed E-state index contributed by atoms with van der Waals surface area (Å²) in [4.78, 5) is 15.7. The number of fused-ring (bicyclic) bond motifs is 1. The zero-order valence-electron chi connectivity index (χ0n) is 26.2. The normalized spacial score (nSPS) is 13.8. The Morgan fingerprint density at radius 3 is 2.26 bits per heavy atom. The van der Waals surface area contributed by atoms with Crippen molar-refractivity contribution < 1.29 is 4.74 Å². The first kappa shape index (κ1) is 32.4. The fraction of sp³-hybridized carbons (Fsp3) is 0.594. The number of hydrogen-bond acceptors (Lipinski definition) is 6. The van der Waals surface area contributed by atoms with Gasteiger partial charge in [0.05, 0.1) is 0 Å². The highest BCUT2D eigenvalue weighted by atomic mass is 16.5. The summed E-state index contributed by atoms with van der Waals surface area (Å²) in [5.74, 6) is 2.67. The number of H-pyrrole nitrogens is 1. The van der Waals surface area contributed by atoms with Crippen LogP contribution >= 0.6 is 0 Å². The average Bonchev–Trinajstić information content (AvgIpc) is 3.24. The van der Waals surface area contributed by atoms with E-state index in [0.717, 1.165) is 87.2 Å². The largest absolute Gasteiger partial charge is 0.492 e. The molecule has 0 bridgehead atoms. The van der Waals surface area contributed by atoms with E-state index >= 15 is 0 Å². The van der Waals surface area contributed by atoms with Gasteiger partial charge in [-0.2, -0.15) is 0 Å². The number of aryl methyl sites for hydroxylation is 2. The SMILES string of the molecule is CC.CC.CCCN(CCC)c1cc(OCCN2CCN(C)CC2)cc(Nc2ccc3[nH]c(C)c(C)c3c2)n1. The molecule has 3 aromatic rings. The molecule has 2 aromatic heterocycles. The Balaban J connectivity index is 0.00000127. The van der Waals surface area contributed by atoms with E-state index in [9.17, 15) is 0 Å². The second kappa shape index (κ2) is 17.0. The number of anilines is 3. The summed E-state index contributed by atoms with van der Waals surface area (Å²) in [6, 6.07) is 10.6. The third kappa shape index (κ3) is 9.43. The maximum atomic E-state index is 6.29. The van der Waals surface area contributed by atoms with Crippen molar-refractivity contribution in [3.8, 4) is 5.75 Å². The second-order valence-electron chi connectivity index (χ2n) is 9.79. The number of rotatable bonds is 11. The van der Waals surface area contributed by atoms with Crippen molar-refractivity contribution in [1.29, 1.82) is 0 Å². The highest BCUT2D eigenvalue weighted by molar-refractivity contribution is 5.88. The summed E-state index contributed by atoms with van der Waals surface area (Å²) in [5.41, 5.74) is 4.70. The van der Waals surface area contributed by atoms with E-state index in [-0.39, 0.29) is 0 Å². The third-order valence-corrected chi connectivity index (χ3v) is 6.95. The number of aromatic amines is 1. The summed E-state index contributed by atoms with van der Waals surface area (Å²) < 4.78 is 6.29. The summed E-state index contributed by atoms with van der Waals surface area (Å²) >= 11 is 0. The molecule has 7 nitrogen and oxygen atoms in total. The summed E-state index contributed by atoms with van der Waals surface area (Å²) in [7, 11) is 2.19.